The monoisotopic (exact) mass is 1440 g/mol. The zero-order chi connectivity index (χ0) is 73.9. The van der Waals surface area contributed by atoms with Crippen LogP contribution >= 0.6 is 15.9 Å². The number of likely N-dealkylation sites (tertiary alicyclic amines) is 1. The van der Waals surface area contributed by atoms with Gasteiger partial charge in [0.2, 0.25) is 0 Å². The second-order valence-corrected chi connectivity index (χ2v) is 30.6. The van der Waals surface area contributed by atoms with E-state index in [4.69, 9.17) is 19.1 Å². The molecule has 10 rings (SSSR count). The number of hydrogen-bond acceptors (Lipinski definition) is 13. The number of alkyl halides is 1. The lowest BCUT2D eigenvalue weighted by Crippen LogP contribution is -2.64. The number of ether oxygens (including phenoxy) is 2. The molecule has 3 fully saturated rings. The SMILES string of the molecule is CC1(C)CCCC(C)(C)N1OCC(=O)c1ccccc1.CCOC(=O)/C=C(/Cc1ccccc1)c1ccccc1.CCOC(=O)C(CC(=O)c1ccccc1)C(Nc1ccccc1)(ON1C(C)(C)CCCC1(C)C)c1ccccc1.CN1C(C)(C)CCCC1(C)C.O=C(CBr)c1ccccc1. The van der Waals surface area contributed by atoms with Crippen molar-refractivity contribution in [1.29, 1.82) is 0 Å². The van der Waals surface area contributed by atoms with E-state index in [0.29, 0.717) is 40.6 Å². The number of halogens is 1. The lowest BCUT2D eigenvalue weighted by molar-refractivity contribution is -0.343. The number of carbonyl (C=O) groups excluding carboxylic acids is 5. The molecule has 0 aliphatic carbocycles. The fraction of sp³-hybridized carbons (Fsp3) is 0.437. The number of para-hydroxylation sites is 1. The lowest BCUT2D eigenvalue weighted by atomic mass is 9.80. The minimum Gasteiger partial charge on any atom is -0.466 e. The third kappa shape index (κ3) is 24.5. The van der Waals surface area contributed by atoms with Crippen LogP contribution in [0.1, 0.15) is 209 Å². The highest BCUT2D eigenvalue weighted by Crippen LogP contribution is 2.47. The first-order valence-corrected chi connectivity index (χ1v) is 37.0. The Hall–Kier alpha value is -7.69. The van der Waals surface area contributed by atoms with Gasteiger partial charge in [-0.1, -0.05) is 216 Å². The summed E-state index contributed by atoms with van der Waals surface area (Å²) in [5.74, 6) is -1.79. The number of anilines is 1. The molecule has 542 valence electrons. The van der Waals surface area contributed by atoms with Crippen LogP contribution in [0.2, 0.25) is 0 Å². The summed E-state index contributed by atoms with van der Waals surface area (Å²) in [5, 5.41) is 8.09. The third-order valence-corrected chi connectivity index (χ3v) is 19.9. The molecule has 2 atom stereocenters. The number of hydrogen-bond donors (Lipinski definition) is 1. The number of benzene rings is 7. The van der Waals surface area contributed by atoms with Crippen molar-refractivity contribution in [3.8, 4) is 0 Å². The van der Waals surface area contributed by atoms with E-state index in [1.54, 1.807) is 25.1 Å². The van der Waals surface area contributed by atoms with Gasteiger partial charge in [0.25, 0.3) is 0 Å². The summed E-state index contributed by atoms with van der Waals surface area (Å²) in [5.41, 5.74) is 5.33. The van der Waals surface area contributed by atoms with Crippen molar-refractivity contribution in [3.63, 3.8) is 0 Å². The summed E-state index contributed by atoms with van der Waals surface area (Å²) in [6.07, 6.45) is 12.6. The van der Waals surface area contributed by atoms with Crippen LogP contribution in [0, 0.1) is 5.92 Å². The second kappa shape index (κ2) is 38.5. The molecule has 3 saturated heterocycles. The summed E-state index contributed by atoms with van der Waals surface area (Å²) in [7, 11) is 2.25. The number of nitrogens with one attached hydrogen (secondary N) is 1. The van der Waals surface area contributed by atoms with Crippen LogP contribution in [0.3, 0.4) is 0 Å². The van der Waals surface area contributed by atoms with Gasteiger partial charge in [0.05, 0.1) is 18.5 Å². The lowest BCUT2D eigenvalue weighted by Gasteiger charge is -2.55. The minimum absolute atomic E-state index is 0.0290. The van der Waals surface area contributed by atoms with E-state index in [0.717, 1.165) is 60.1 Å². The first-order valence-electron chi connectivity index (χ1n) is 35.9. The molecule has 0 aromatic heterocycles. The van der Waals surface area contributed by atoms with Crippen molar-refractivity contribution in [1.82, 2.24) is 15.0 Å². The Morgan fingerprint density at radius 1 is 0.465 bits per heavy atom. The fourth-order valence-corrected chi connectivity index (χ4v) is 14.2. The van der Waals surface area contributed by atoms with E-state index in [9.17, 15) is 24.0 Å². The predicted molar refractivity (Wildman–Crippen MR) is 415 cm³/mol. The molecule has 7 aromatic carbocycles. The van der Waals surface area contributed by atoms with Crippen molar-refractivity contribution in [2.45, 2.75) is 207 Å². The van der Waals surface area contributed by atoms with Gasteiger partial charge in [-0.15, -0.1) is 0 Å². The number of hydroxylamine groups is 4. The molecule has 13 nitrogen and oxygen atoms in total. The van der Waals surface area contributed by atoms with Gasteiger partial charge >= 0.3 is 11.9 Å². The summed E-state index contributed by atoms with van der Waals surface area (Å²) in [6, 6.07) is 67.0. The first-order chi connectivity index (χ1) is 47.9. The summed E-state index contributed by atoms with van der Waals surface area (Å²) < 4.78 is 10.7. The number of piperidine rings is 3. The van der Waals surface area contributed by atoms with Crippen LogP contribution < -0.4 is 5.32 Å². The highest BCUT2D eigenvalue weighted by molar-refractivity contribution is 9.09. The summed E-state index contributed by atoms with van der Waals surface area (Å²) in [6.45, 7) is 31.0. The molecule has 2 unspecified atom stereocenters. The molecule has 3 aliphatic rings. The van der Waals surface area contributed by atoms with Crippen molar-refractivity contribution < 1.29 is 43.1 Å². The zero-order valence-corrected chi connectivity index (χ0v) is 64.4. The smallest absolute Gasteiger partial charge is 0.331 e. The molecule has 0 amide bonds. The number of esters is 2. The van der Waals surface area contributed by atoms with Gasteiger partial charge in [0.1, 0.15) is 12.5 Å². The average molecular weight is 1440 g/mol. The molecular weight excluding hydrogens is 1320 g/mol. The van der Waals surface area contributed by atoms with E-state index in [1.165, 1.54) is 31.2 Å². The largest absolute Gasteiger partial charge is 0.466 e. The van der Waals surface area contributed by atoms with Gasteiger partial charge in [-0.05, 0) is 197 Å². The Balaban J connectivity index is 0.000000220. The minimum atomic E-state index is -1.45. The fourth-order valence-electron chi connectivity index (χ4n) is 13.8. The van der Waals surface area contributed by atoms with E-state index >= 15 is 0 Å². The van der Waals surface area contributed by atoms with Gasteiger partial charge in [-0.25, -0.2) is 4.79 Å². The number of nitrogens with zero attached hydrogens (tertiary/aromatic N) is 3. The zero-order valence-electron chi connectivity index (χ0n) is 62.9. The molecule has 14 heteroatoms. The molecule has 3 heterocycles. The van der Waals surface area contributed by atoms with E-state index in [-0.39, 0.29) is 65.1 Å². The Labute approximate surface area is 612 Å². The topological polar surface area (TPSA) is 144 Å². The predicted octanol–water partition coefficient (Wildman–Crippen LogP) is 20.0. The quantitative estimate of drug-likeness (QED) is 0.0226. The third-order valence-electron chi connectivity index (χ3n) is 19.4. The first kappa shape index (κ1) is 82.3. The highest BCUT2D eigenvalue weighted by Gasteiger charge is 2.54. The molecule has 1 N–H and O–H groups in total. The van der Waals surface area contributed by atoms with Gasteiger partial charge in [0, 0.05) is 73.7 Å². The Bertz CT molecular complexity index is 3630. The number of ketones is 3. The number of rotatable bonds is 22. The highest BCUT2D eigenvalue weighted by atomic mass is 79.9. The maximum atomic E-state index is 14.0. The summed E-state index contributed by atoms with van der Waals surface area (Å²) in [4.78, 5) is 78.2. The van der Waals surface area contributed by atoms with E-state index in [1.807, 2.05) is 205 Å². The van der Waals surface area contributed by atoms with Crippen molar-refractivity contribution in [3.05, 3.63) is 252 Å². The molecule has 7 aromatic rings. The molecule has 0 spiro atoms. The van der Waals surface area contributed by atoms with Crippen LogP contribution in [0.15, 0.2) is 218 Å². The van der Waals surface area contributed by atoms with Crippen molar-refractivity contribution >= 4 is 56.5 Å². The van der Waals surface area contributed by atoms with Gasteiger partial charge < -0.3 is 14.8 Å². The second-order valence-electron chi connectivity index (χ2n) is 30.0. The van der Waals surface area contributed by atoms with Crippen LogP contribution in [-0.4, -0.2) is 110 Å². The van der Waals surface area contributed by atoms with Gasteiger partial charge in [-0.3, -0.25) is 33.8 Å². The molecule has 101 heavy (non-hydrogen) atoms. The average Bonchev–Trinajstić information content (AvgIpc) is 0.732. The molecule has 0 bridgehead atoms. The van der Waals surface area contributed by atoms with Gasteiger partial charge in [-0.2, -0.15) is 10.1 Å². The number of carbonyl (C=O) groups is 5. The van der Waals surface area contributed by atoms with Crippen molar-refractivity contribution in [2.75, 3.05) is 37.5 Å². The molecule has 0 radical (unpaired) electrons. The molecule has 3 aliphatic heterocycles. The van der Waals surface area contributed by atoms with Crippen LogP contribution in [0.4, 0.5) is 5.69 Å². The maximum absolute atomic E-state index is 14.0. The van der Waals surface area contributed by atoms with Crippen LogP contribution in [0.5, 0.6) is 0 Å². The van der Waals surface area contributed by atoms with E-state index in [2.05, 4.69) is 128 Å². The Morgan fingerprint density at radius 2 is 0.832 bits per heavy atom. The van der Waals surface area contributed by atoms with E-state index < -0.39 is 17.6 Å². The standard InChI is InChI=1S/C34H42N2O4.C18H18O2.C17H25NO2.C10H21N.C8H7BrO/c1-6-39-31(38)29(25-30(37)26-17-10-7-11-18-26)34(27-19-12-8-13-20-27,35-28-21-14-9-15-22-28)40-36-32(2,3)23-16-24-33(36,4)5;1-2-20-18(19)14-17(16-11-7-4-8-12-16)13-15-9-5-3-6-10-15;1-16(2)11-8-12-17(3,4)18(16)20-13-15(19)14-9-6-5-7-10-14;1-9(2)7-6-8-10(3,4)11(9)5;9-6-8(10)7-4-2-1-3-5-7/h7-15,17-22,29,35H,6,16,23-25H2,1-5H3;3-12,14H,2,13H2,1H3;5-7,9-10H,8,11-13H2,1-4H3;6-8H2,1-5H3;1-5H,6H2/b;17-14-;;;. The van der Waals surface area contributed by atoms with Gasteiger partial charge in [0.15, 0.2) is 23.1 Å². The van der Waals surface area contributed by atoms with Crippen molar-refractivity contribution in [2.24, 2.45) is 5.92 Å². The maximum Gasteiger partial charge on any atom is 0.331 e. The number of allylic oxidation sites excluding steroid dienone is 1. The number of Topliss-reactive ketones (excluding diaryl/α,β-unsaturated/α-hetero) is 3. The normalized spacial score (nSPS) is 18.1. The van der Waals surface area contributed by atoms with Crippen LogP contribution in [0.25, 0.3) is 5.57 Å². The Morgan fingerprint density at radius 3 is 1.25 bits per heavy atom. The van der Waals surface area contributed by atoms with Crippen LogP contribution in [-0.2, 0) is 40.9 Å². The molecular formula is C87H113BrN4O9. The summed E-state index contributed by atoms with van der Waals surface area (Å²) >= 11 is 3.10. The molecule has 0 saturated carbocycles. The Kier molecular flexibility index (Phi) is 31.4.